The van der Waals surface area contributed by atoms with Gasteiger partial charge in [0.1, 0.15) is 0 Å². The molecule has 0 atom stereocenters. The number of aromatic carboxylic acids is 1. The van der Waals surface area contributed by atoms with E-state index in [1.54, 1.807) is 0 Å². The molecule has 2 heterocycles. The highest BCUT2D eigenvalue weighted by molar-refractivity contribution is 5.84. The molecule has 0 saturated carbocycles. The molecule has 104 valence electrons. The zero-order valence-corrected chi connectivity index (χ0v) is 10.4. The van der Waals surface area contributed by atoms with Gasteiger partial charge in [-0.25, -0.2) is 9.48 Å². The van der Waals surface area contributed by atoms with Crippen molar-refractivity contribution in [1.82, 2.24) is 15.0 Å². The second-order valence-electron chi connectivity index (χ2n) is 4.17. The minimum absolute atomic E-state index is 0.0620. The van der Waals surface area contributed by atoms with Crippen LogP contribution in [0.1, 0.15) is 10.5 Å². The molecule has 3 rings (SSSR count). The summed E-state index contributed by atoms with van der Waals surface area (Å²) in [7, 11) is 0. The van der Waals surface area contributed by atoms with E-state index in [1.807, 2.05) is 18.2 Å². The van der Waals surface area contributed by atoms with E-state index < -0.39 is 5.97 Å². The van der Waals surface area contributed by atoms with Crippen molar-refractivity contribution in [1.29, 1.82) is 0 Å². The van der Waals surface area contributed by atoms with Crippen molar-refractivity contribution in [2.75, 3.05) is 18.7 Å². The SMILES string of the molecule is O=C(O)c1cn(CCNc2ccc3c(c2)OCO3)nn1. The molecule has 1 aliphatic heterocycles. The largest absolute Gasteiger partial charge is 0.476 e. The maximum absolute atomic E-state index is 10.7. The molecule has 0 amide bonds. The van der Waals surface area contributed by atoms with Crippen LogP contribution >= 0.6 is 0 Å². The molecule has 20 heavy (non-hydrogen) atoms. The molecule has 1 aromatic carbocycles. The van der Waals surface area contributed by atoms with Crippen LogP contribution in [0.25, 0.3) is 0 Å². The normalized spacial score (nSPS) is 12.4. The maximum atomic E-state index is 10.7. The van der Waals surface area contributed by atoms with Gasteiger partial charge in [0.25, 0.3) is 0 Å². The zero-order chi connectivity index (χ0) is 13.9. The third-order valence-electron chi connectivity index (χ3n) is 2.80. The Morgan fingerprint density at radius 2 is 2.25 bits per heavy atom. The molecule has 2 N–H and O–H groups in total. The van der Waals surface area contributed by atoms with Crippen LogP contribution in [0, 0.1) is 0 Å². The van der Waals surface area contributed by atoms with Crippen molar-refractivity contribution in [2.45, 2.75) is 6.54 Å². The van der Waals surface area contributed by atoms with Gasteiger partial charge in [0.2, 0.25) is 6.79 Å². The molecule has 1 aromatic heterocycles. The predicted molar refractivity (Wildman–Crippen MR) is 68.0 cm³/mol. The number of hydrogen-bond acceptors (Lipinski definition) is 6. The van der Waals surface area contributed by atoms with E-state index in [4.69, 9.17) is 14.6 Å². The summed E-state index contributed by atoms with van der Waals surface area (Å²) in [5, 5.41) is 19.2. The smallest absolute Gasteiger partial charge is 0.358 e. The summed E-state index contributed by atoms with van der Waals surface area (Å²) < 4.78 is 12.0. The number of anilines is 1. The first-order chi connectivity index (χ1) is 9.72. The van der Waals surface area contributed by atoms with Crippen LogP contribution in [0.2, 0.25) is 0 Å². The highest BCUT2D eigenvalue weighted by Crippen LogP contribution is 2.34. The Kier molecular flexibility index (Phi) is 3.12. The van der Waals surface area contributed by atoms with Crippen molar-refractivity contribution in [2.24, 2.45) is 0 Å². The van der Waals surface area contributed by atoms with E-state index in [0.29, 0.717) is 18.8 Å². The van der Waals surface area contributed by atoms with Crippen molar-refractivity contribution < 1.29 is 19.4 Å². The van der Waals surface area contributed by atoms with Gasteiger partial charge in [0.05, 0.1) is 12.7 Å². The Hall–Kier alpha value is -2.77. The monoisotopic (exact) mass is 276 g/mol. The lowest BCUT2D eigenvalue weighted by atomic mass is 10.3. The van der Waals surface area contributed by atoms with Gasteiger partial charge in [-0.2, -0.15) is 0 Å². The number of nitrogens with one attached hydrogen (secondary N) is 1. The Labute approximate surface area is 113 Å². The first-order valence-corrected chi connectivity index (χ1v) is 5.99. The highest BCUT2D eigenvalue weighted by atomic mass is 16.7. The van der Waals surface area contributed by atoms with E-state index >= 15 is 0 Å². The number of nitrogens with zero attached hydrogens (tertiary/aromatic N) is 3. The Morgan fingerprint density at radius 3 is 3.05 bits per heavy atom. The van der Waals surface area contributed by atoms with Gasteiger partial charge in [-0.05, 0) is 12.1 Å². The second-order valence-corrected chi connectivity index (χ2v) is 4.17. The fourth-order valence-corrected chi connectivity index (χ4v) is 1.83. The number of carbonyl (C=O) groups is 1. The molecule has 0 spiro atoms. The number of ether oxygens (including phenoxy) is 2. The maximum Gasteiger partial charge on any atom is 0.358 e. The summed E-state index contributed by atoms with van der Waals surface area (Å²) in [6.07, 6.45) is 1.39. The number of carboxylic acids is 1. The number of benzene rings is 1. The molecular formula is C12H12N4O4. The van der Waals surface area contributed by atoms with Crippen LogP contribution in [0.4, 0.5) is 5.69 Å². The number of aromatic nitrogens is 3. The summed E-state index contributed by atoms with van der Waals surface area (Å²) >= 11 is 0. The average Bonchev–Trinajstić information content (AvgIpc) is 3.06. The van der Waals surface area contributed by atoms with Crippen LogP contribution in [0.15, 0.2) is 24.4 Å². The van der Waals surface area contributed by atoms with Crippen LogP contribution in [0.3, 0.4) is 0 Å². The standard InChI is InChI=1S/C12H12N4O4/c17-12(18)9-6-16(15-14-9)4-3-13-8-1-2-10-11(5-8)20-7-19-10/h1-2,5-6,13H,3-4,7H2,(H,17,18). The van der Waals surface area contributed by atoms with Gasteiger partial charge in [0, 0.05) is 18.3 Å². The number of hydrogen-bond donors (Lipinski definition) is 2. The van der Waals surface area contributed by atoms with E-state index in [-0.39, 0.29) is 12.5 Å². The highest BCUT2D eigenvalue weighted by Gasteiger charge is 2.13. The van der Waals surface area contributed by atoms with Crippen LogP contribution in [0.5, 0.6) is 11.5 Å². The fourth-order valence-electron chi connectivity index (χ4n) is 1.83. The number of carboxylic acid groups (broad SMARTS) is 1. The summed E-state index contributed by atoms with van der Waals surface area (Å²) in [5.41, 5.74) is 0.834. The molecule has 1 aliphatic rings. The van der Waals surface area contributed by atoms with Crippen LogP contribution in [-0.4, -0.2) is 39.4 Å². The van der Waals surface area contributed by atoms with E-state index in [0.717, 1.165) is 11.4 Å². The zero-order valence-electron chi connectivity index (χ0n) is 10.4. The van der Waals surface area contributed by atoms with Crippen LogP contribution < -0.4 is 14.8 Å². The third-order valence-corrected chi connectivity index (χ3v) is 2.80. The van der Waals surface area contributed by atoms with E-state index in [1.165, 1.54) is 10.9 Å². The Morgan fingerprint density at radius 1 is 1.40 bits per heavy atom. The molecule has 2 aromatic rings. The first kappa shape index (κ1) is 12.3. The van der Waals surface area contributed by atoms with Gasteiger partial charge in [0.15, 0.2) is 17.2 Å². The van der Waals surface area contributed by atoms with Crippen molar-refractivity contribution >= 4 is 11.7 Å². The lowest BCUT2D eigenvalue weighted by Gasteiger charge is -2.06. The van der Waals surface area contributed by atoms with Crippen LogP contribution in [-0.2, 0) is 6.54 Å². The molecular weight excluding hydrogens is 264 g/mol. The fraction of sp³-hybridized carbons (Fsp3) is 0.250. The van der Waals surface area contributed by atoms with Gasteiger partial charge >= 0.3 is 5.97 Å². The minimum atomic E-state index is -1.08. The molecule has 0 unspecified atom stereocenters. The Bertz CT molecular complexity index is 640. The minimum Gasteiger partial charge on any atom is -0.476 e. The summed E-state index contributed by atoms with van der Waals surface area (Å²) in [6, 6.07) is 5.58. The summed E-state index contributed by atoms with van der Waals surface area (Å²) in [6.45, 7) is 1.34. The van der Waals surface area contributed by atoms with Crippen molar-refractivity contribution in [3.05, 3.63) is 30.1 Å². The molecule has 8 nitrogen and oxygen atoms in total. The molecule has 8 heteroatoms. The average molecular weight is 276 g/mol. The van der Waals surface area contributed by atoms with Crippen molar-refractivity contribution in [3.8, 4) is 11.5 Å². The Balaban J connectivity index is 1.55. The van der Waals surface area contributed by atoms with E-state index in [2.05, 4.69) is 15.6 Å². The van der Waals surface area contributed by atoms with Gasteiger partial charge in [-0.3, -0.25) is 0 Å². The van der Waals surface area contributed by atoms with E-state index in [9.17, 15) is 4.79 Å². The lowest BCUT2D eigenvalue weighted by Crippen LogP contribution is -2.11. The van der Waals surface area contributed by atoms with Gasteiger partial charge in [-0.1, -0.05) is 5.21 Å². The molecule has 0 bridgehead atoms. The first-order valence-electron chi connectivity index (χ1n) is 5.99. The molecule has 0 radical (unpaired) electrons. The molecule has 0 aliphatic carbocycles. The molecule has 0 fully saturated rings. The predicted octanol–water partition coefficient (Wildman–Crippen LogP) is 0.817. The lowest BCUT2D eigenvalue weighted by molar-refractivity contribution is 0.0690. The summed E-state index contributed by atoms with van der Waals surface area (Å²) in [5.74, 6) is 0.363. The summed E-state index contributed by atoms with van der Waals surface area (Å²) in [4.78, 5) is 10.7. The second kappa shape index (κ2) is 5.08. The number of fused-ring (bicyclic) bond motifs is 1. The van der Waals surface area contributed by atoms with Gasteiger partial charge in [-0.15, -0.1) is 5.10 Å². The quantitative estimate of drug-likeness (QED) is 0.834. The third kappa shape index (κ3) is 2.48. The molecule has 0 saturated heterocycles. The van der Waals surface area contributed by atoms with Gasteiger partial charge < -0.3 is 19.9 Å². The van der Waals surface area contributed by atoms with Crippen molar-refractivity contribution in [3.63, 3.8) is 0 Å². The topological polar surface area (TPSA) is 98.5 Å². The number of rotatable bonds is 5.